The van der Waals surface area contributed by atoms with Crippen LogP contribution in [-0.2, 0) is 0 Å². The minimum Gasteiger partial charge on any atom is -0.338 e. The van der Waals surface area contributed by atoms with Crippen LogP contribution in [0.3, 0.4) is 0 Å². The van der Waals surface area contributed by atoms with E-state index in [4.69, 9.17) is 0 Å². The van der Waals surface area contributed by atoms with Crippen molar-refractivity contribution in [3.8, 4) is 0 Å². The van der Waals surface area contributed by atoms with Crippen LogP contribution in [0.25, 0.3) is 0 Å². The first kappa shape index (κ1) is 13.0. The molecular formula is C12H23N3O. The number of hydrogen-bond donors (Lipinski definition) is 2. The molecule has 92 valence electrons. The van der Waals surface area contributed by atoms with Crippen molar-refractivity contribution >= 4 is 6.03 Å². The molecule has 1 aliphatic rings. The number of nitrogens with zero attached hydrogens (tertiary/aromatic N) is 1. The standard InChI is InChI=1S/C12H23N3O/c1-4-13-12(16)14-11-5-7-15(8-6-11)9-10(2)3/h11H,2,4-9H2,1,3H3,(H2,13,14,16). The zero-order chi connectivity index (χ0) is 12.0. The molecule has 0 atom stereocenters. The van der Waals surface area contributed by atoms with E-state index in [1.165, 1.54) is 5.57 Å². The maximum Gasteiger partial charge on any atom is 0.314 e. The van der Waals surface area contributed by atoms with Crippen LogP contribution in [0.1, 0.15) is 26.7 Å². The highest BCUT2D eigenvalue weighted by molar-refractivity contribution is 5.74. The van der Waals surface area contributed by atoms with E-state index in [0.717, 1.165) is 32.5 Å². The highest BCUT2D eigenvalue weighted by Crippen LogP contribution is 2.11. The molecule has 2 N–H and O–H groups in total. The fourth-order valence-electron chi connectivity index (χ4n) is 2.01. The highest BCUT2D eigenvalue weighted by atomic mass is 16.2. The predicted octanol–water partition coefficient (Wildman–Crippen LogP) is 1.35. The van der Waals surface area contributed by atoms with Gasteiger partial charge in [0.25, 0.3) is 0 Å². The molecule has 0 aromatic heterocycles. The van der Waals surface area contributed by atoms with Crippen LogP contribution in [0.4, 0.5) is 4.79 Å². The molecule has 1 aliphatic heterocycles. The summed E-state index contributed by atoms with van der Waals surface area (Å²) in [5.74, 6) is 0. The molecule has 0 aliphatic carbocycles. The lowest BCUT2D eigenvalue weighted by Crippen LogP contribution is -2.48. The molecule has 0 radical (unpaired) electrons. The normalized spacial score (nSPS) is 18.1. The van der Waals surface area contributed by atoms with Gasteiger partial charge in [0.2, 0.25) is 0 Å². The second-order valence-electron chi connectivity index (χ2n) is 4.51. The third kappa shape index (κ3) is 4.66. The Morgan fingerprint density at radius 3 is 2.56 bits per heavy atom. The number of piperidine rings is 1. The average Bonchev–Trinajstić information content (AvgIpc) is 2.20. The van der Waals surface area contributed by atoms with Crippen LogP contribution in [0.5, 0.6) is 0 Å². The fourth-order valence-corrected chi connectivity index (χ4v) is 2.01. The van der Waals surface area contributed by atoms with E-state index in [1.54, 1.807) is 0 Å². The second kappa shape index (κ2) is 6.53. The van der Waals surface area contributed by atoms with Gasteiger partial charge in [0.1, 0.15) is 0 Å². The van der Waals surface area contributed by atoms with Crippen molar-refractivity contribution < 1.29 is 4.79 Å². The van der Waals surface area contributed by atoms with Crippen LogP contribution >= 0.6 is 0 Å². The number of hydrogen-bond acceptors (Lipinski definition) is 2. The Morgan fingerprint density at radius 2 is 2.06 bits per heavy atom. The molecule has 1 saturated heterocycles. The van der Waals surface area contributed by atoms with Crippen LogP contribution in [-0.4, -0.2) is 43.2 Å². The third-order valence-corrected chi connectivity index (χ3v) is 2.75. The fraction of sp³-hybridized carbons (Fsp3) is 0.750. The summed E-state index contributed by atoms with van der Waals surface area (Å²) in [5.41, 5.74) is 1.20. The van der Waals surface area contributed by atoms with Gasteiger partial charge >= 0.3 is 6.03 Å². The smallest absolute Gasteiger partial charge is 0.314 e. The molecule has 2 amide bonds. The molecule has 0 unspecified atom stereocenters. The number of carbonyl (C=O) groups excluding carboxylic acids is 1. The molecule has 0 saturated carbocycles. The largest absolute Gasteiger partial charge is 0.338 e. The van der Waals surface area contributed by atoms with Gasteiger partial charge in [-0.25, -0.2) is 4.79 Å². The molecule has 0 aromatic carbocycles. The maximum atomic E-state index is 11.3. The molecule has 0 aromatic rings. The maximum absolute atomic E-state index is 11.3. The van der Waals surface area contributed by atoms with Gasteiger partial charge < -0.3 is 10.6 Å². The van der Waals surface area contributed by atoms with Gasteiger partial charge in [0, 0.05) is 32.2 Å². The molecule has 0 spiro atoms. The summed E-state index contributed by atoms with van der Waals surface area (Å²) in [6.45, 7) is 11.7. The van der Waals surface area contributed by atoms with Gasteiger partial charge in [0.15, 0.2) is 0 Å². The molecule has 4 heteroatoms. The molecule has 1 heterocycles. The van der Waals surface area contributed by atoms with E-state index >= 15 is 0 Å². The minimum absolute atomic E-state index is 0.0409. The topological polar surface area (TPSA) is 44.4 Å². The van der Waals surface area contributed by atoms with Crippen LogP contribution < -0.4 is 10.6 Å². The first-order valence-corrected chi connectivity index (χ1v) is 6.03. The van der Waals surface area contributed by atoms with E-state index in [-0.39, 0.29) is 6.03 Å². The Labute approximate surface area is 98.1 Å². The van der Waals surface area contributed by atoms with Gasteiger partial charge in [-0.2, -0.15) is 0 Å². The Bertz CT molecular complexity index is 245. The Balaban J connectivity index is 2.21. The Kier molecular flexibility index (Phi) is 5.32. The molecule has 0 bridgehead atoms. The van der Waals surface area contributed by atoms with Crippen LogP contribution in [0, 0.1) is 0 Å². The van der Waals surface area contributed by atoms with Crippen LogP contribution in [0.2, 0.25) is 0 Å². The van der Waals surface area contributed by atoms with Gasteiger partial charge in [0.05, 0.1) is 0 Å². The SMILES string of the molecule is C=C(C)CN1CCC(NC(=O)NCC)CC1. The zero-order valence-electron chi connectivity index (χ0n) is 10.4. The van der Waals surface area contributed by atoms with Crippen molar-refractivity contribution in [1.29, 1.82) is 0 Å². The van der Waals surface area contributed by atoms with E-state index in [9.17, 15) is 4.79 Å². The molecule has 4 nitrogen and oxygen atoms in total. The lowest BCUT2D eigenvalue weighted by molar-refractivity contribution is 0.202. The molecule has 1 rings (SSSR count). The average molecular weight is 225 g/mol. The molecule has 16 heavy (non-hydrogen) atoms. The lowest BCUT2D eigenvalue weighted by atomic mass is 10.0. The van der Waals surface area contributed by atoms with Crippen LogP contribution in [0.15, 0.2) is 12.2 Å². The minimum atomic E-state index is -0.0409. The van der Waals surface area contributed by atoms with Crippen molar-refractivity contribution in [2.45, 2.75) is 32.7 Å². The van der Waals surface area contributed by atoms with Gasteiger partial charge in [-0.15, -0.1) is 0 Å². The number of amides is 2. The highest BCUT2D eigenvalue weighted by Gasteiger charge is 2.19. The summed E-state index contributed by atoms with van der Waals surface area (Å²) in [6, 6.07) is 0.286. The van der Waals surface area contributed by atoms with Crippen molar-refractivity contribution in [1.82, 2.24) is 15.5 Å². The van der Waals surface area contributed by atoms with E-state index in [1.807, 2.05) is 6.92 Å². The quantitative estimate of drug-likeness (QED) is 0.709. The monoisotopic (exact) mass is 225 g/mol. The molecular weight excluding hydrogens is 202 g/mol. The van der Waals surface area contributed by atoms with Crippen molar-refractivity contribution in [3.05, 3.63) is 12.2 Å². The Hall–Kier alpha value is -1.03. The van der Waals surface area contributed by atoms with Crippen molar-refractivity contribution in [2.75, 3.05) is 26.2 Å². The first-order chi connectivity index (χ1) is 7.61. The number of rotatable bonds is 4. The van der Waals surface area contributed by atoms with E-state index in [0.29, 0.717) is 12.6 Å². The summed E-state index contributed by atoms with van der Waals surface area (Å²) in [6.07, 6.45) is 2.06. The molecule has 1 fully saturated rings. The summed E-state index contributed by atoms with van der Waals surface area (Å²) in [7, 11) is 0. The number of urea groups is 1. The lowest BCUT2D eigenvalue weighted by Gasteiger charge is -2.32. The van der Waals surface area contributed by atoms with Gasteiger partial charge in [-0.3, -0.25) is 4.90 Å². The summed E-state index contributed by atoms with van der Waals surface area (Å²) in [4.78, 5) is 13.7. The number of nitrogens with one attached hydrogen (secondary N) is 2. The zero-order valence-corrected chi connectivity index (χ0v) is 10.4. The Morgan fingerprint density at radius 1 is 1.44 bits per heavy atom. The third-order valence-electron chi connectivity index (χ3n) is 2.75. The first-order valence-electron chi connectivity index (χ1n) is 6.03. The van der Waals surface area contributed by atoms with Gasteiger partial charge in [-0.05, 0) is 26.7 Å². The number of likely N-dealkylation sites (tertiary alicyclic amines) is 1. The predicted molar refractivity (Wildman–Crippen MR) is 66.5 cm³/mol. The summed E-state index contributed by atoms with van der Waals surface area (Å²) < 4.78 is 0. The van der Waals surface area contributed by atoms with Crippen molar-refractivity contribution in [2.24, 2.45) is 0 Å². The second-order valence-corrected chi connectivity index (χ2v) is 4.51. The van der Waals surface area contributed by atoms with E-state index in [2.05, 4.69) is 29.0 Å². The van der Waals surface area contributed by atoms with Crippen molar-refractivity contribution in [3.63, 3.8) is 0 Å². The number of carbonyl (C=O) groups is 1. The summed E-state index contributed by atoms with van der Waals surface area (Å²) >= 11 is 0. The summed E-state index contributed by atoms with van der Waals surface area (Å²) in [5, 5.41) is 5.75. The van der Waals surface area contributed by atoms with Gasteiger partial charge in [-0.1, -0.05) is 12.2 Å². The van der Waals surface area contributed by atoms with E-state index < -0.39 is 0 Å².